The van der Waals surface area contributed by atoms with Crippen LogP contribution in [0.15, 0.2) is 23.1 Å². The van der Waals surface area contributed by atoms with Gasteiger partial charge < -0.3 is 4.57 Å². The Labute approximate surface area is 72.8 Å². The minimum absolute atomic E-state index is 0.106. The minimum atomic E-state index is 0.106. The molecule has 0 aliphatic rings. The van der Waals surface area contributed by atoms with E-state index in [2.05, 4.69) is 6.92 Å². The zero-order valence-corrected chi connectivity index (χ0v) is 7.71. The van der Waals surface area contributed by atoms with Gasteiger partial charge in [-0.25, -0.2) is 0 Å². The summed E-state index contributed by atoms with van der Waals surface area (Å²) in [5.74, 6) is 0. The third-order valence-corrected chi connectivity index (χ3v) is 1.88. The Kier molecular flexibility index (Phi) is 3.09. The number of unbranched alkanes of at least 4 members (excludes halogenated alkanes) is 1. The molecule has 2 heteroatoms. The normalized spacial score (nSPS) is 10.2. The number of pyridine rings is 1. The van der Waals surface area contributed by atoms with E-state index in [0.717, 1.165) is 24.9 Å². The van der Waals surface area contributed by atoms with E-state index in [0.29, 0.717) is 0 Å². The van der Waals surface area contributed by atoms with Crippen molar-refractivity contribution in [2.75, 3.05) is 0 Å². The maximum absolute atomic E-state index is 11.2. The van der Waals surface area contributed by atoms with Crippen molar-refractivity contribution in [1.29, 1.82) is 0 Å². The fourth-order valence-corrected chi connectivity index (χ4v) is 1.15. The van der Waals surface area contributed by atoms with Crippen LogP contribution >= 0.6 is 0 Å². The summed E-state index contributed by atoms with van der Waals surface area (Å²) in [5.41, 5.74) is 1.25. The minimum Gasteiger partial charge on any atom is -0.315 e. The Morgan fingerprint density at radius 1 is 1.42 bits per heavy atom. The zero-order valence-electron chi connectivity index (χ0n) is 7.71. The second-order valence-electron chi connectivity index (χ2n) is 3.09. The molecule has 0 bridgehead atoms. The number of nitrogens with zero attached hydrogens (tertiary/aromatic N) is 1. The first-order valence-electron chi connectivity index (χ1n) is 4.41. The van der Waals surface area contributed by atoms with E-state index in [9.17, 15) is 4.79 Å². The quantitative estimate of drug-likeness (QED) is 0.671. The van der Waals surface area contributed by atoms with Crippen molar-refractivity contribution in [2.45, 2.75) is 33.2 Å². The van der Waals surface area contributed by atoms with Gasteiger partial charge in [-0.3, -0.25) is 4.79 Å². The molecule has 1 rings (SSSR count). The molecule has 0 unspecified atom stereocenters. The smallest absolute Gasteiger partial charge is 0.250 e. The standard InChI is InChI=1S/C10H15NO/c1-3-4-7-11-8-9(2)5-6-10(11)12/h5-6,8H,3-4,7H2,1-2H3. The lowest BCUT2D eigenvalue weighted by atomic mass is 10.3. The summed E-state index contributed by atoms with van der Waals surface area (Å²) in [5, 5.41) is 0. The van der Waals surface area contributed by atoms with Crippen LogP contribution in [0.5, 0.6) is 0 Å². The third kappa shape index (κ3) is 2.22. The number of hydrogen-bond donors (Lipinski definition) is 0. The highest BCUT2D eigenvalue weighted by molar-refractivity contribution is 5.06. The molecule has 66 valence electrons. The Morgan fingerprint density at radius 2 is 2.17 bits per heavy atom. The fourth-order valence-electron chi connectivity index (χ4n) is 1.15. The fraction of sp³-hybridized carbons (Fsp3) is 0.500. The maximum Gasteiger partial charge on any atom is 0.250 e. The van der Waals surface area contributed by atoms with Crippen LogP contribution in [0.4, 0.5) is 0 Å². The average Bonchev–Trinajstić information content (AvgIpc) is 2.07. The summed E-state index contributed by atoms with van der Waals surface area (Å²) >= 11 is 0. The molecule has 12 heavy (non-hydrogen) atoms. The molecule has 0 radical (unpaired) electrons. The van der Waals surface area contributed by atoms with Gasteiger partial charge in [0.25, 0.3) is 5.56 Å². The molecule has 0 saturated heterocycles. The highest BCUT2D eigenvalue weighted by Gasteiger charge is 1.93. The number of aromatic nitrogens is 1. The summed E-state index contributed by atoms with van der Waals surface area (Å²) in [6.07, 6.45) is 4.11. The molecule has 1 aromatic rings. The third-order valence-electron chi connectivity index (χ3n) is 1.88. The van der Waals surface area contributed by atoms with Crippen LogP contribution < -0.4 is 5.56 Å². The van der Waals surface area contributed by atoms with Crippen molar-refractivity contribution in [3.63, 3.8) is 0 Å². The molecular weight excluding hydrogens is 150 g/mol. The summed E-state index contributed by atoms with van der Waals surface area (Å²) in [4.78, 5) is 11.2. The number of hydrogen-bond acceptors (Lipinski definition) is 1. The van der Waals surface area contributed by atoms with Crippen molar-refractivity contribution in [3.8, 4) is 0 Å². The molecular formula is C10H15NO. The van der Waals surface area contributed by atoms with Gasteiger partial charge in [0.15, 0.2) is 0 Å². The summed E-state index contributed by atoms with van der Waals surface area (Å²) in [6.45, 7) is 4.97. The topological polar surface area (TPSA) is 22.0 Å². The molecule has 1 aromatic heterocycles. The lowest BCUT2D eigenvalue weighted by Gasteiger charge is -2.04. The van der Waals surface area contributed by atoms with Gasteiger partial charge in [0.05, 0.1) is 0 Å². The Balaban J connectivity index is 2.83. The van der Waals surface area contributed by atoms with Crippen LogP contribution in [0.3, 0.4) is 0 Å². The molecule has 0 amide bonds. The van der Waals surface area contributed by atoms with Gasteiger partial charge in [0.1, 0.15) is 0 Å². The van der Waals surface area contributed by atoms with Crippen LogP contribution in [-0.2, 0) is 6.54 Å². The molecule has 0 aliphatic heterocycles. The Bertz CT molecular complexity index is 301. The molecule has 0 aromatic carbocycles. The summed E-state index contributed by atoms with van der Waals surface area (Å²) in [6, 6.07) is 3.48. The molecule has 2 nitrogen and oxygen atoms in total. The predicted octanol–water partition coefficient (Wildman–Crippen LogP) is 1.96. The first kappa shape index (κ1) is 9.04. The van der Waals surface area contributed by atoms with Crippen molar-refractivity contribution in [2.24, 2.45) is 0 Å². The van der Waals surface area contributed by atoms with Crippen LogP contribution in [-0.4, -0.2) is 4.57 Å². The summed E-state index contributed by atoms with van der Waals surface area (Å²) in [7, 11) is 0. The number of rotatable bonds is 3. The van der Waals surface area contributed by atoms with Gasteiger partial charge in [0, 0.05) is 18.8 Å². The van der Waals surface area contributed by atoms with Gasteiger partial charge in [0.2, 0.25) is 0 Å². The highest BCUT2D eigenvalue weighted by Crippen LogP contribution is 1.95. The van der Waals surface area contributed by atoms with E-state index < -0.39 is 0 Å². The number of aryl methyl sites for hydroxylation is 2. The molecule has 0 N–H and O–H groups in total. The van der Waals surface area contributed by atoms with Gasteiger partial charge in [-0.2, -0.15) is 0 Å². The van der Waals surface area contributed by atoms with Crippen LogP contribution in [0.25, 0.3) is 0 Å². The SMILES string of the molecule is CCCCn1cc(C)ccc1=O. The van der Waals surface area contributed by atoms with E-state index >= 15 is 0 Å². The van der Waals surface area contributed by atoms with Crippen molar-refractivity contribution >= 4 is 0 Å². The van der Waals surface area contributed by atoms with E-state index in [1.54, 1.807) is 10.6 Å². The van der Waals surface area contributed by atoms with E-state index in [-0.39, 0.29) is 5.56 Å². The summed E-state index contributed by atoms with van der Waals surface area (Å²) < 4.78 is 1.78. The molecule has 1 heterocycles. The monoisotopic (exact) mass is 165 g/mol. The van der Waals surface area contributed by atoms with Crippen LogP contribution in [0.2, 0.25) is 0 Å². The van der Waals surface area contributed by atoms with Crippen LogP contribution in [0.1, 0.15) is 25.3 Å². The lowest BCUT2D eigenvalue weighted by Crippen LogP contribution is -2.18. The first-order valence-corrected chi connectivity index (χ1v) is 4.41. The lowest BCUT2D eigenvalue weighted by molar-refractivity contribution is 0.611. The van der Waals surface area contributed by atoms with Crippen LogP contribution in [0, 0.1) is 6.92 Å². The highest BCUT2D eigenvalue weighted by atomic mass is 16.1. The second kappa shape index (κ2) is 4.10. The predicted molar refractivity (Wildman–Crippen MR) is 50.3 cm³/mol. The molecule has 0 saturated carbocycles. The molecule has 0 aliphatic carbocycles. The van der Waals surface area contributed by atoms with E-state index in [4.69, 9.17) is 0 Å². The molecule has 0 spiro atoms. The van der Waals surface area contributed by atoms with E-state index in [1.807, 2.05) is 19.2 Å². The van der Waals surface area contributed by atoms with Gasteiger partial charge >= 0.3 is 0 Å². The molecule has 0 fully saturated rings. The second-order valence-corrected chi connectivity index (χ2v) is 3.09. The first-order chi connectivity index (χ1) is 5.74. The zero-order chi connectivity index (χ0) is 8.97. The average molecular weight is 165 g/mol. The Hall–Kier alpha value is -1.05. The van der Waals surface area contributed by atoms with Gasteiger partial charge in [-0.05, 0) is 18.9 Å². The largest absolute Gasteiger partial charge is 0.315 e. The molecule has 0 atom stereocenters. The van der Waals surface area contributed by atoms with E-state index in [1.165, 1.54) is 0 Å². The van der Waals surface area contributed by atoms with Crippen molar-refractivity contribution in [3.05, 3.63) is 34.2 Å². The van der Waals surface area contributed by atoms with Gasteiger partial charge in [-0.1, -0.05) is 19.4 Å². The van der Waals surface area contributed by atoms with Crippen molar-refractivity contribution < 1.29 is 0 Å². The van der Waals surface area contributed by atoms with Crippen molar-refractivity contribution in [1.82, 2.24) is 4.57 Å². The maximum atomic E-state index is 11.2. The van der Waals surface area contributed by atoms with Gasteiger partial charge in [-0.15, -0.1) is 0 Å². The Morgan fingerprint density at radius 3 is 2.83 bits per heavy atom.